The van der Waals surface area contributed by atoms with Gasteiger partial charge >= 0.3 is 0 Å². The summed E-state index contributed by atoms with van der Waals surface area (Å²) in [5.41, 5.74) is 6.77. The maximum atomic E-state index is 12.3. The average molecular weight is 288 g/mol. The van der Waals surface area contributed by atoms with Crippen LogP contribution in [0.3, 0.4) is 0 Å². The van der Waals surface area contributed by atoms with Crippen molar-refractivity contribution < 1.29 is 14.3 Å². The van der Waals surface area contributed by atoms with E-state index in [2.05, 4.69) is 17.2 Å². The fourth-order valence-electron chi connectivity index (χ4n) is 2.27. The van der Waals surface area contributed by atoms with Gasteiger partial charge in [0.15, 0.2) is 0 Å². The lowest BCUT2D eigenvalue weighted by atomic mass is 10.1. The Morgan fingerprint density at radius 1 is 1.57 bits per heavy atom. The number of methoxy groups -OCH3 is 1. The predicted molar refractivity (Wildman–Crippen MR) is 81.1 cm³/mol. The standard InChI is InChI=1S/C16H20N2O3/c1-11-8-13(10-21-11)16(19)18-14-9-12(4-3-7-17)5-6-15(14)20-2/h5-6,9,11,13H,7-8,10,17H2,1-2H3,(H,18,19). The van der Waals surface area contributed by atoms with Crippen LogP contribution in [-0.4, -0.2) is 32.3 Å². The highest BCUT2D eigenvalue weighted by atomic mass is 16.5. The third-order valence-corrected chi connectivity index (χ3v) is 3.36. The van der Waals surface area contributed by atoms with Crippen LogP contribution in [0.4, 0.5) is 5.69 Å². The quantitative estimate of drug-likeness (QED) is 0.824. The molecular formula is C16H20N2O3. The van der Waals surface area contributed by atoms with Gasteiger partial charge in [-0.25, -0.2) is 0 Å². The fourth-order valence-corrected chi connectivity index (χ4v) is 2.27. The van der Waals surface area contributed by atoms with Crippen LogP contribution in [-0.2, 0) is 9.53 Å². The number of ether oxygens (including phenoxy) is 2. The molecule has 0 spiro atoms. The van der Waals surface area contributed by atoms with Gasteiger partial charge in [-0.2, -0.15) is 0 Å². The van der Waals surface area contributed by atoms with Crippen molar-refractivity contribution in [1.29, 1.82) is 0 Å². The molecular weight excluding hydrogens is 268 g/mol. The maximum absolute atomic E-state index is 12.3. The summed E-state index contributed by atoms with van der Waals surface area (Å²) >= 11 is 0. The van der Waals surface area contributed by atoms with Gasteiger partial charge in [-0.05, 0) is 31.5 Å². The van der Waals surface area contributed by atoms with Crippen LogP contribution in [0.25, 0.3) is 0 Å². The van der Waals surface area contributed by atoms with Gasteiger partial charge in [-0.1, -0.05) is 11.8 Å². The molecule has 1 aliphatic rings. The number of nitrogens with one attached hydrogen (secondary N) is 1. The van der Waals surface area contributed by atoms with E-state index >= 15 is 0 Å². The normalized spacial score (nSPS) is 20.5. The molecule has 1 fully saturated rings. The summed E-state index contributed by atoms with van der Waals surface area (Å²) < 4.78 is 10.7. The largest absolute Gasteiger partial charge is 0.495 e. The number of carbonyl (C=O) groups excluding carboxylic acids is 1. The van der Waals surface area contributed by atoms with Crippen LogP contribution >= 0.6 is 0 Å². The Kier molecular flexibility index (Phi) is 5.20. The van der Waals surface area contributed by atoms with E-state index in [0.29, 0.717) is 24.6 Å². The van der Waals surface area contributed by atoms with Crippen molar-refractivity contribution in [3.05, 3.63) is 23.8 Å². The lowest BCUT2D eigenvalue weighted by Crippen LogP contribution is -2.23. The SMILES string of the molecule is COc1ccc(C#CCN)cc1NC(=O)C1COC(C)C1. The Balaban J connectivity index is 2.15. The number of hydrogen-bond acceptors (Lipinski definition) is 4. The van der Waals surface area contributed by atoms with Crippen LogP contribution in [0.1, 0.15) is 18.9 Å². The van der Waals surface area contributed by atoms with Crippen molar-refractivity contribution in [3.8, 4) is 17.6 Å². The summed E-state index contributed by atoms with van der Waals surface area (Å²) in [5.74, 6) is 6.16. The molecule has 0 aromatic heterocycles. The number of carbonyl (C=O) groups is 1. The van der Waals surface area contributed by atoms with E-state index in [0.717, 1.165) is 12.0 Å². The number of hydrogen-bond donors (Lipinski definition) is 2. The molecule has 2 unspecified atom stereocenters. The molecule has 1 aromatic rings. The lowest BCUT2D eigenvalue weighted by molar-refractivity contribution is -0.119. The highest BCUT2D eigenvalue weighted by molar-refractivity contribution is 5.94. The van der Waals surface area contributed by atoms with Gasteiger partial charge < -0.3 is 20.5 Å². The molecule has 2 atom stereocenters. The first-order chi connectivity index (χ1) is 10.1. The number of anilines is 1. The molecule has 1 aromatic carbocycles. The fraction of sp³-hybridized carbons (Fsp3) is 0.438. The van der Waals surface area contributed by atoms with E-state index < -0.39 is 0 Å². The molecule has 112 valence electrons. The maximum Gasteiger partial charge on any atom is 0.230 e. The minimum atomic E-state index is -0.122. The Morgan fingerprint density at radius 2 is 2.38 bits per heavy atom. The van der Waals surface area contributed by atoms with E-state index in [1.165, 1.54) is 0 Å². The second-order valence-corrected chi connectivity index (χ2v) is 4.99. The first kappa shape index (κ1) is 15.4. The van der Waals surface area contributed by atoms with Crippen LogP contribution < -0.4 is 15.8 Å². The molecule has 1 saturated heterocycles. The molecule has 1 heterocycles. The molecule has 1 aliphatic heterocycles. The van der Waals surface area contributed by atoms with Crippen molar-refractivity contribution in [2.75, 3.05) is 25.6 Å². The summed E-state index contributed by atoms with van der Waals surface area (Å²) in [5, 5.41) is 2.90. The smallest absolute Gasteiger partial charge is 0.230 e. The Labute approximate surface area is 124 Å². The lowest BCUT2D eigenvalue weighted by Gasteiger charge is -2.13. The highest BCUT2D eigenvalue weighted by Crippen LogP contribution is 2.27. The topological polar surface area (TPSA) is 73.6 Å². The van der Waals surface area contributed by atoms with Gasteiger partial charge in [0.1, 0.15) is 5.75 Å². The molecule has 5 nitrogen and oxygen atoms in total. The zero-order valence-electron chi connectivity index (χ0n) is 12.3. The number of rotatable bonds is 3. The van der Waals surface area contributed by atoms with E-state index in [-0.39, 0.29) is 17.9 Å². The average Bonchev–Trinajstić information content (AvgIpc) is 2.92. The molecule has 0 bridgehead atoms. The van der Waals surface area contributed by atoms with Crippen molar-refractivity contribution >= 4 is 11.6 Å². The van der Waals surface area contributed by atoms with Crippen LogP contribution in [0, 0.1) is 17.8 Å². The van der Waals surface area contributed by atoms with Gasteiger partial charge in [0.2, 0.25) is 5.91 Å². The number of nitrogens with two attached hydrogens (primary N) is 1. The minimum Gasteiger partial charge on any atom is -0.495 e. The Bertz CT molecular complexity index is 575. The Morgan fingerprint density at radius 3 is 3.00 bits per heavy atom. The molecule has 0 aliphatic carbocycles. The summed E-state index contributed by atoms with van der Waals surface area (Å²) in [7, 11) is 1.57. The molecule has 0 saturated carbocycles. The van der Waals surface area contributed by atoms with Gasteiger partial charge in [-0.3, -0.25) is 4.79 Å². The van der Waals surface area contributed by atoms with E-state index in [4.69, 9.17) is 15.2 Å². The second kappa shape index (κ2) is 7.11. The summed E-state index contributed by atoms with van der Waals surface area (Å²) in [6, 6.07) is 5.40. The van der Waals surface area contributed by atoms with Crippen molar-refractivity contribution in [1.82, 2.24) is 0 Å². The van der Waals surface area contributed by atoms with Crippen molar-refractivity contribution in [2.24, 2.45) is 11.7 Å². The zero-order chi connectivity index (χ0) is 15.2. The van der Waals surface area contributed by atoms with Gasteiger partial charge in [0.05, 0.1) is 38.0 Å². The van der Waals surface area contributed by atoms with Gasteiger partial charge in [-0.15, -0.1) is 0 Å². The van der Waals surface area contributed by atoms with E-state index in [9.17, 15) is 4.79 Å². The molecule has 0 radical (unpaired) electrons. The van der Waals surface area contributed by atoms with Gasteiger partial charge in [0.25, 0.3) is 0 Å². The summed E-state index contributed by atoms with van der Waals surface area (Å²) in [6.45, 7) is 2.73. The molecule has 2 rings (SSSR count). The third-order valence-electron chi connectivity index (χ3n) is 3.36. The van der Waals surface area contributed by atoms with Crippen LogP contribution in [0.2, 0.25) is 0 Å². The van der Waals surface area contributed by atoms with E-state index in [1.54, 1.807) is 19.2 Å². The Hall–Kier alpha value is -2.03. The first-order valence-corrected chi connectivity index (χ1v) is 6.93. The minimum absolute atomic E-state index is 0.0541. The number of amides is 1. The summed E-state index contributed by atoms with van der Waals surface area (Å²) in [4.78, 5) is 12.3. The monoisotopic (exact) mass is 288 g/mol. The number of benzene rings is 1. The molecule has 5 heteroatoms. The predicted octanol–water partition coefficient (Wildman–Crippen LogP) is 1.37. The zero-order valence-corrected chi connectivity index (χ0v) is 12.3. The third kappa shape index (κ3) is 3.97. The van der Waals surface area contributed by atoms with Crippen LogP contribution in [0.5, 0.6) is 5.75 Å². The summed E-state index contributed by atoms with van der Waals surface area (Å²) in [6.07, 6.45) is 0.866. The molecule has 3 N–H and O–H groups in total. The van der Waals surface area contributed by atoms with E-state index in [1.807, 2.05) is 13.0 Å². The van der Waals surface area contributed by atoms with Gasteiger partial charge in [0, 0.05) is 5.56 Å². The first-order valence-electron chi connectivity index (χ1n) is 6.93. The van der Waals surface area contributed by atoms with Crippen molar-refractivity contribution in [2.45, 2.75) is 19.4 Å². The second-order valence-electron chi connectivity index (χ2n) is 4.99. The van der Waals surface area contributed by atoms with Crippen LogP contribution in [0.15, 0.2) is 18.2 Å². The van der Waals surface area contributed by atoms with Crippen molar-refractivity contribution in [3.63, 3.8) is 0 Å². The molecule has 1 amide bonds. The molecule has 21 heavy (non-hydrogen) atoms. The highest BCUT2D eigenvalue weighted by Gasteiger charge is 2.28.